The SMILES string of the molecule is Fc1c(Br)c(C(F)(F)F)cc2cnc(Cl)nc12. The molecule has 2 aromatic rings. The molecule has 0 bridgehead atoms. The van der Waals surface area contributed by atoms with Gasteiger partial charge in [-0.1, -0.05) is 0 Å². The van der Waals surface area contributed by atoms with Crippen molar-refractivity contribution >= 4 is 38.4 Å². The molecule has 0 unspecified atom stereocenters. The molecule has 1 aromatic carbocycles. The molecule has 2 nitrogen and oxygen atoms in total. The predicted octanol–water partition coefficient (Wildman–Crippen LogP) is 4.20. The number of rotatable bonds is 0. The van der Waals surface area contributed by atoms with Gasteiger partial charge in [0.15, 0.2) is 5.82 Å². The summed E-state index contributed by atoms with van der Waals surface area (Å²) in [6, 6.07) is 0.763. The van der Waals surface area contributed by atoms with E-state index in [-0.39, 0.29) is 16.2 Å². The second kappa shape index (κ2) is 4.06. The first-order chi connectivity index (χ1) is 7.80. The van der Waals surface area contributed by atoms with E-state index in [1.807, 2.05) is 0 Å². The van der Waals surface area contributed by atoms with Crippen molar-refractivity contribution in [2.45, 2.75) is 6.18 Å². The first-order valence-corrected chi connectivity index (χ1v) is 5.35. The Bertz CT molecular complexity index is 600. The van der Waals surface area contributed by atoms with Crippen molar-refractivity contribution < 1.29 is 17.6 Å². The van der Waals surface area contributed by atoms with Gasteiger partial charge in [-0.15, -0.1) is 0 Å². The zero-order valence-electron chi connectivity index (χ0n) is 7.82. The lowest BCUT2D eigenvalue weighted by atomic mass is 10.1. The largest absolute Gasteiger partial charge is 0.417 e. The molecule has 0 N–H and O–H groups in total. The van der Waals surface area contributed by atoms with Crippen molar-refractivity contribution in [2.24, 2.45) is 0 Å². The third kappa shape index (κ3) is 2.21. The fourth-order valence-corrected chi connectivity index (χ4v) is 1.96. The molecule has 0 radical (unpaired) electrons. The summed E-state index contributed by atoms with van der Waals surface area (Å²) in [6.07, 6.45) is -3.62. The fraction of sp³-hybridized carbons (Fsp3) is 0.111. The number of benzene rings is 1. The first-order valence-electron chi connectivity index (χ1n) is 4.18. The average Bonchev–Trinajstić information content (AvgIpc) is 2.22. The van der Waals surface area contributed by atoms with E-state index in [9.17, 15) is 17.6 Å². The van der Waals surface area contributed by atoms with Crippen LogP contribution in [0.2, 0.25) is 5.28 Å². The summed E-state index contributed by atoms with van der Waals surface area (Å²) >= 11 is 8.01. The molecule has 0 amide bonds. The molecule has 17 heavy (non-hydrogen) atoms. The highest BCUT2D eigenvalue weighted by Gasteiger charge is 2.35. The quantitative estimate of drug-likeness (QED) is 0.535. The van der Waals surface area contributed by atoms with Crippen molar-refractivity contribution in [1.82, 2.24) is 9.97 Å². The number of alkyl halides is 3. The first kappa shape index (κ1) is 12.5. The van der Waals surface area contributed by atoms with E-state index >= 15 is 0 Å². The smallest absolute Gasteiger partial charge is 0.226 e. The molecule has 2 rings (SSSR count). The van der Waals surface area contributed by atoms with Crippen molar-refractivity contribution in [2.75, 3.05) is 0 Å². The number of aromatic nitrogens is 2. The number of hydrogen-bond donors (Lipinski definition) is 0. The minimum atomic E-state index is -4.66. The lowest BCUT2D eigenvalue weighted by Crippen LogP contribution is -2.08. The Labute approximate surface area is 106 Å². The Morgan fingerprint density at radius 3 is 2.53 bits per heavy atom. The van der Waals surface area contributed by atoms with Gasteiger partial charge >= 0.3 is 6.18 Å². The Morgan fingerprint density at radius 2 is 1.94 bits per heavy atom. The fourth-order valence-electron chi connectivity index (χ4n) is 1.30. The van der Waals surface area contributed by atoms with E-state index in [0.717, 1.165) is 12.3 Å². The van der Waals surface area contributed by atoms with Crippen LogP contribution in [0.3, 0.4) is 0 Å². The minimum Gasteiger partial charge on any atom is -0.226 e. The summed E-state index contributed by atoms with van der Waals surface area (Å²) in [4.78, 5) is 7.05. The van der Waals surface area contributed by atoms with Gasteiger partial charge in [0.1, 0.15) is 5.52 Å². The molecule has 0 aliphatic heterocycles. The number of hydrogen-bond acceptors (Lipinski definition) is 2. The second-order valence-electron chi connectivity index (χ2n) is 3.13. The van der Waals surface area contributed by atoms with Gasteiger partial charge in [-0.05, 0) is 33.6 Å². The summed E-state index contributed by atoms with van der Waals surface area (Å²) in [6.45, 7) is 0. The lowest BCUT2D eigenvalue weighted by molar-refractivity contribution is -0.138. The number of fused-ring (bicyclic) bond motifs is 1. The van der Waals surface area contributed by atoms with Gasteiger partial charge in [0.25, 0.3) is 0 Å². The van der Waals surface area contributed by atoms with Gasteiger partial charge in [-0.2, -0.15) is 13.2 Å². The maximum atomic E-state index is 13.7. The van der Waals surface area contributed by atoms with Crippen LogP contribution in [0.25, 0.3) is 10.9 Å². The van der Waals surface area contributed by atoms with Gasteiger partial charge in [-0.3, -0.25) is 0 Å². The molecule has 90 valence electrons. The number of halogens is 6. The molecule has 0 spiro atoms. The van der Waals surface area contributed by atoms with E-state index < -0.39 is 22.0 Å². The van der Waals surface area contributed by atoms with Crippen LogP contribution in [-0.4, -0.2) is 9.97 Å². The highest BCUT2D eigenvalue weighted by atomic mass is 79.9. The van der Waals surface area contributed by atoms with Crippen molar-refractivity contribution in [3.8, 4) is 0 Å². The van der Waals surface area contributed by atoms with E-state index in [1.165, 1.54) is 0 Å². The summed E-state index contributed by atoms with van der Waals surface area (Å²) in [5, 5.41) is -0.300. The normalized spacial score (nSPS) is 12.1. The van der Waals surface area contributed by atoms with Crippen LogP contribution in [0.1, 0.15) is 5.56 Å². The van der Waals surface area contributed by atoms with E-state index in [2.05, 4.69) is 25.9 Å². The molecule has 0 aliphatic rings. The van der Waals surface area contributed by atoms with Gasteiger partial charge in [0.05, 0.1) is 10.0 Å². The molecular weight excluding hydrogens is 327 g/mol. The van der Waals surface area contributed by atoms with Crippen LogP contribution in [0.5, 0.6) is 0 Å². The molecule has 8 heteroatoms. The predicted molar refractivity (Wildman–Crippen MR) is 57.2 cm³/mol. The van der Waals surface area contributed by atoms with Crippen molar-refractivity contribution in [3.63, 3.8) is 0 Å². The van der Waals surface area contributed by atoms with Gasteiger partial charge in [0, 0.05) is 11.6 Å². The van der Waals surface area contributed by atoms with Crippen LogP contribution < -0.4 is 0 Å². The molecule has 0 saturated heterocycles. The zero-order valence-corrected chi connectivity index (χ0v) is 10.2. The maximum absolute atomic E-state index is 13.7. The van der Waals surface area contributed by atoms with E-state index in [4.69, 9.17) is 11.6 Å². The van der Waals surface area contributed by atoms with Crippen LogP contribution >= 0.6 is 27.5 Å². The summed E-state index contributed by atoms with van der Waals surface area (Å²) in [5.41, 5.74) is -1.38. The highest BCUT2D eigenvalue weighted by molar-refractivity contribution is 9.10. The second-order valence-corrected chi connectivity index (χ2v) is 4.26. The summed E-state index contributed by atoms with van der Waals surface area (Å²) < 4.78 is 50.7. The number of nitrogens with zero attached hydrogens (tertiary/aromatic N) is 2. The standard InChI is InChI=1S/C9H2BrClF4N2/c10-5-4(9(13,14)15)1-3-2-16-8(11)17-7(3)6(5)12/h1-2H. The van der Waals surface area contributed by atoms with Crippen LogP contribution in [0.4, 0.5) is 17.6 Å². The maximum Gasteiger partial charge on any atom is 0.417 e. The Morgan fingerprint density at radius 1 is 1.29 bits per heavy atom. The van der Waals surface area contributed by atoms with E-state index in [0.29, 0.717) is 0 Å². The molecule has 0 atom stereocenters. The molecular formula is C9H2BrClF4N2. The summed E-state index contributed by atoms with van der Waals surface area (Å²) in [7, 11) is 0. The Kier molecular flexibility index (Phi) is 2.99. The third-order valence-electron chi connectivity index (χ3n) is 2.03. The summed E-state index contributed by atoms with van der Waals surface area (Å²) in [5.74, 6) is -1.11. The monoisotopic (exact) mass is 328 g/mol. The average molecular weight is 329 g/mol. The van der Waals surface area contributed by atoms with Crippen LogP contribution in [-0.2, 0) is 6.18 Å². The van der Waals surface area contributed by atoms with Crippen LogP contribution in [0, 0.1) is 5.82 Å². The third-order valence-corrected chi connectivity index (χ3v) is 2.99. The molecule has 0 aliphatic carbocycles. The van der Waals surface area contributed by atoms with Crippen LogP contribution in [0.15, 0.2) is 16.7 Å². The minimum absolute atomic E-state index is 0.0672. The topological polar surface area (TPSA) is 25.8 Å². The van der Waals surface area contributed by atoms with Gasteiger partial charge in [-0.25, -0.2) is 14.4 Å². The van der Waals surface area contributed by atoms with Crippen molar-refractivity contribution in [3.05, 3.63) is 33.4 Å². The van der Waals surface area contributed by atoms with Gasteiger partial charge < -0.3 is 0 Å². The van der Waals surface area contributed by atoms with Crippen molar-refractivity contribution in [1.29, 1.82) is 0 Å². The molecule has 0 saturated carbocycles. The molecule has 0 fully saturated rings. The van der Waals surface area contributed by atoms with E-state index in [1.54, 1.807) is 0 Å². The lowest BCUT2D eigenvalue weighted by Gasteiger charge is -2.11. The Hall–Kier alpha value is -0.950. The van der Waals surface area contributed by atoms with Gasteiger partial charge in [0.2, 0.25) is 5.28 Å². The highest BCUT2D eigenvalue weighted by Crippen LogP contribution is 2.38. The zero-order chi connectivity index (χ0) is 12.8. The molecule has 1 heterocycles. The Balaban J connectivity index is 2.85. The molecule has 1 aromatic heterocycles.